The molecule has 1 aliphatic heterocycles. The van der Waals surface area contributed by atoms with E-state index >= 15 is 0 Å². The molecule has 0 amide bonds. The third-order valence-corrected chi connectivity index (χ3v) is 4.93. The molecule has 4 nitrogen and oxygen atoms in total. The number of hydrogen-bond acceptors (Lipinski definition) is 4. The number of rotatable bonds is 1. The molecule has 1 fully saturated rings. The van der Waals surface area contributed by atoms with Gasteiger partial charge in [-0.3, -0.25) is 0 Å². The maximum absolute atomic E-state index is 11.6. The van der Waals surface area contributed by atoms with Gasteiger partial charge in [-0.25, -0.2) is 8.42 Å². The molecule has 0 radical (unpaired) electrons. The van der Waals surface area contributed by atoms with Crippen LogP contribution in [-0.2, 0) is 9.84 Å². The Morgan fingerprint density at radius 2 is 2.29 bits per heavy atom. The van der Waals surface area contributed by atoms with Crippen molar-refractivity contribution in [1.82, 2.24) is 10.2 Å². The van der Waals surface area contributed by atoms with Crippen LogP contribution in [0, 0.1) is 0 Å². The third-order valence-electron chi connectivity index (χ3n) is 2.30. The summed E-state index contributed by atoms with van der Waals surface area (Å²) in [7, 11) is -2.98. The van der Waals surface area contributed by atoms with Crippen molar-refractivity contribution in [2.24, 2.45) is 0 Å². The molecular formula is C8H9BrN2O2S. The molecule has 0 saturated carbocycles. The predicted octanol–water partition coefficient (Wildman–Crippen LogP) is 1.49. The summed E-state index contributed by atoms with van der Waals surface area (Å²) < 4.78 is 23.9. The van der Waals surface area contributed by atoms with Gasteiger partial charge in [-0.05, 0) is 34.8 Å². The Balaban J connectivity index is 2.41. The van der Waals surface area contributed by atoms with Gasteiger partial charge in [0.1, 0.15) is 5.25 Å². The number of halogens is 1. The Bertz CT molecular complexity index is 446. The maximum Gasteiger partial charge on any atom is 0.158 e. The van der Waals surface area contributed by atoms with E-state index < -0.39 is 15.1 Å². The van der Waals surface area contributed by atoms with E-state index in [1.807, 2.05) is 0 Å². The van der Waals surface area contributed by atoms with Crippen LogP contribution in [0.3, 0.4) is 0 Å². The number of sulfone groups is 1. The molecule has 0 bridgehead atoms. The van der Waals surface area contributed by atoms with Gasteiger partial charge in [0.05, 0.1) is 17.6 Å². The predicted molar refractivity (Wildman–Crippen MR) is 55.5 cm³/mol. The Hall–Kier alpha value is -0.490. The van der Waals surface area contributed by atoms with Crippen molar-refractivity contribution in [3.63, 3.8) is 0 Å². The Morgan fingerprint density at radius 3 is 2.86 bits per heavy atom. The average Bonchev–Trinajstić information content (AvgIpc) is 2.45. The van der Waals surface area contributed by atoms with Gasteiger partial charge in [0.15, 0.2) is 9.84 Å². The molecule has 1 saturated heterocycles. The van der Waals surface area contributed by atoms with Crippen LogP contribution in [-0.4, -0.2) is 24.4 Å². The van der Waals surface area contributed by atoms with E-state index in [0.717, 1.165) is 10.9 Å². The summed E-state index contributed by atoms with van der Waals surface area (Å²) in [4.78, 5) is 0. The Kier molecular flexibility index (Phi) is 2.57. The Labute approximate surface area is 90.8 Å². The van der Waals surface area contributed by atoms with Crippen LogP contribution in [0.5, 0.6) is 0 Å². The van der Waals surface area contributed by atoms with Gasteiger partial charge >= 0.3 is 0 Å². The summed E-state index contributed by atoms with van der Waals surface area (Å²) in [6.45, 7) is 0. The van der Waals surface area contributed by atoms with E-state index in [0.29, 0.717) is 12.1 Å². The normalized spacial score (nSPS) is 25.1. The van der Waals surface area contributed by atoms with E-state index in [1.165, 1.54) is 0 Å². The molecule has 1 aromatic heterocycles. The first-order valence-electron chi connectivity index (χ1n) is 4.29. The van der Waals surface area contributed by atoms with E-state index in [-0.39, 0.29) is 5.75 Å². The fraction of sp³-hybridized carbons (Fsp3) is 0.500. The molecule has 0 spiro atoms. The summed E-state index contributed by atoms with van der Waals surface area (Å²) in [6, 6.07) is 1.72. The van der Waals surface area contributed by atoms with Crippen LogP contribution in [0.15, 0.2) is 16.7 Å². The Morgan fingerprint density at radius 1 is 1.50 bits per heavy atom. The van der Waals surface area contributed by atoms with Gasteiger partial charge in [-0.15, -0.1) is 0 Å². The molecule has 14 heavy (non-hydrogen) atoms. The van der Waals surface area contributed by atoms with E-state index in [4.69, 9.17) is 0 Å². The smallest absolute Gasteiger partial charge is 0.158 e. The van der Waals surface area contributed by atoms with Crippen molar-refractivity contribution < 1.29 is 8.42 Å². The van der Waals surface area contributed by atoms with Crippen LogP contribution < -0.4 is 0 Å². The standard InChI is InChI=1S/C8H9BrN2O2S/c9-6-4-7(11-10-5-6)8-2-1-3-14(8,12)13/h4-5,8H,1-3H2. The molecule has 0 aliphatic carbocycles. The molecule has 76 valence electrons. The quantitative estimate of drug-likeness (QED) is 0.780. The highest BCUT2D eigenvalue weighted by Crippen LogP contribution is 2.33. The van der Waals surface area contributed by atoms with Crippen LogP contribution in [0.4, 0.5) is 0 Å². The zero-order valence-electron chi connectivity index (χ0n) is 7.35. The summed E-state index contributed by atoms with van der Waals surface area (Å²) in [5.41, 5.74) is 0.553. The molecular weight excluding hydrogens is 268 g/mol. The lowest BCUT2D eigenvalue weighted by Gasteiger charge is -2.07. The average molecular weight is 277 g/mol. The lowest BCUT2D eigenvalue weighted by Crippen LogP contribution is -2.10. The largest absolute Gasteiger partial charge is 0.228 e. The second kappa shape index (κ2) is 3.58. The molecule has 1 aliphatic rings. The van der Waals surface area contributed by atoms with Crippen LogP contribution >= 0.6 is 15.9 Å². The van der Waals surface area contributed by atoms with Gasteiger partial charge in [-0.1, -0.05) is 0 Å². The lowest BCUT2D eigenvalue weighted by molar-refractivity contribution is 0.590. The number of hydrogen-bond donors (Lipinski definition) is 0. The van der Waals surface area contributed by atoms with Crippen molar-refractivity contribution in [2.75, 3.05) is 5.75 Å². The maximum atomic E-state index is 11.6. The fourth-order valence-corrected chi connectivity index (χ4v) is 3.83. The minimum Gasteiger partial charge on any atom is -0.228 e. The zero-order chi connectivity index (χ0) is 10.2. The molecule has 2 heterocycles. The van der Waals surface area contributed by atoms with E-state index in [9.17, 15) is 8.42 Å². The lowest BCUT2D eigenvalue weighted by atomic mass is 10.2. The minimum atomic E-state index is -2.98. The van der Waals surface area contributed by atoms with Crippen molar-refractivity contribution >= 4 is 25.8 Å². The van der Waals surface area contributed by atoms with Crippen molar-refractivity contribution in [2.45, 2.75) is 18.1 Å². The molecule has 2 rings (SSSR count). The zero-order valence-corrected chi connectivity index (χ0v) is 9.75. The summed E-state index contributed by atoms with van der Waals surface area (Å²) in [5.74, 6) is 0.270. The molecule has 0 N–H and O–H groups in total. The second-order valence-corrected chi connectivity index (χ2v) is 6.52. The first kappa shape index (κ1) is 10.0. The van der Waals surface area contributed by atoms with Gasteiger partial charge in [-0.2, -0.15) is 10.2 Å². The minimum absolute atomic E-state index is 0.270. The SMILES string of the molecule is O=S1(=O)CCCC1c1cc(Br)cnn1. The van der Waals surface area contributed by atoms with Gasteiger partial charge in [0, 0.05) is 4.47 Å². The van der Waals surface area contributed by atoms with Gasteiger partial charge in [0.2, 0.25) is 0 Å². The van der Waals surface area contributed by atoms with E-state index in [2.05, 4.69) is 26.1 Å². The number of nitrogens with zero attached hydrogens (tertiary/aromatic N) is 2. The first-order valence-corrected chi connectivity index (χ1v) is 6.80. The molecule has 1 atom stereocenters. The van der Waals surface area contributed by atoms with Crippen molar-refractivity contribution in [3.8, 4) is 0 Å². The summed E-state index contributed by atoms with van der Waals surface area (Å²) >= 11 is 3.25. The molecule has 1 aromatic rings. The van der Waals surface area contributed by atoms with Crippen molar-refractivity contribution in [1.29, 1.82) is 0 Å². The second-order valence-electron chi connectivity index (χ2n) is 3.30. The van der Waals surface area contributed by atoms with Gasteiger partial charge < -0.3 is 0 Å². The molecule has 0 aromatic carbocycles. The third kappa shape index (κ3) is 1.81. The summed E-state index contributed by atoms with van der Waals surface area (Å²) in [5, 5.41) is 7.14. The van der Waals surface area contributed by atoms with Crippen LogP contribution in [0.25, 0.3) is 0 Å². The number of aromatic nitrogens is 2. The molecule has 1 unspecified atom stereocenters. The molecule has 6 heteroatoms. The fourth-order valence-electron chi connectivity index (χ4n) is 1.64. The van der Waals surface area contributed by atoms with Crippen molar-refractivity contribution in [3.05, 3.63) is 22.4 Å². The highest BCUT2D eigenvalue weighted by molar-refractivity contribution is 9.10. The summed E-state index contributed by atoms with van der Waals surface area (Å²) in [6.07, 6.45) is 2.93. The first-order chi connectivity index (χ1) is 6.59. The topological polar surface area (TPSA) is 59.9 Å². The van der Waals surface area contributed by atoms with E-state index in [1.54, 1.807) is 12.3 Å². The monoisotopic (exact) mass is 276 g/mol. The highest BCUT2D eigenvalue weighted by atomic mass is 79.9. The van der Waals surface area contributed by atoms with Crippen LogP contribution in [0.2, 0.25) is 0 Å². The highest BCUT2D eigenvalue weighted by Gasteiger charge is 2.33. The van der Waals surface area contributed by atoms with Gasteiger partial charge in [0.25, 0.3) is 0 Å². The van der Waals surface area contributed by atoms with Crippen LogP contribution in [0.1, 0.15) is 23.8 Å².